The highest BCUT2D eigenvalue weighted by Gasteiger charge is 2.66. The van der Waals surface area contributed by atoms with Crippen molar-refractivity contribution < 1.29 is 61.9 Å². The summed E-state index contributed by atoms with van der Waals surface area (Å²) < 4.78 is 32.7. The summed E-state index contributed by atoms with van der Waals surface area (Å²) in [5.74, 6) is -7.24. The Bertz CT molecular complexity index is 3680. The van der Waals surface area contributed by atoms with Crippen LogP contribution >= 0.6 is 7.82 Å². The van der Waals surface area contributed by atoms with Gasteiger partial charge in [-0.2, -0.15) is 0 Å². The predicted octanol–water partition coefficient (Wildman–Crippen LogP) is 4.48. The van der Waals surface area contributed by atoms with Crippen LogP contribution in [0.5, 0.6) is 0 Å². The zero-order valence-electron chi connectivity index (χ0n) is 54.1. The van der Waals surface area contributed by atoms with E-state index < -0.39 is 137 Å². The second kappa shape index (κ2) is 26.4. The Morgan fingerprint density at radius 2 is 1.45 bits per heavy atom. The van der Waals surface area contributed by atoms with Crippen LogP contribution in [-0.4, -0.2) is 127 Å². The zero-order valence-corrected chi connectivity index (χ0v) is 55.0. The molecule has 15 atom stereocenters. The van der Waals surface area contributed by atoms with E-state index in [1.54, 1.807) is 4.57 Å². The number of allylic oxidation sites excluding steroid dienone is 6. The molecule has 7 amide bonds. The van der Waals surface area contributed by atoms with Gasteiger partial charge in [-0.3, -0.25) is 57.6 Å². The lowest BCUT2D eigenvalue weighted by Gasteiger charge is -2.48. The number of imidazole rings is 1. The number of aliphatic imine (C=N–C) groups is 3. The number of amides is 7. The number of nitrogens with one attached hydrogen (secondary N) is 2. The lowest BCUT2D eigenvalue weighted by Crippen LogP contribution is -2.56. The maximum absolute atomic E-state index is 14.4. The van der Waals surface area contributed by atoms with E-state index in [0.29, 0.717) is 56.4 Å². The van der Waals surface area contributed by atoms with Crippen molar-refractivity contribution in [1.29, 1.82) is 0 Å². The number of hydrogen-bond acceptors (Lipinski definition) is 18. The fraction of sp³-hybridized carbons (Fsp3) is 0.629. The second-order valence-electron chi connectivity index (χ2n) is 27.3. The minimum absolute atomic E-state index is 0.0213. The van der Waals surface area contributed by atoms with E-state index in [4.69, 9.17) is 63.2 Å². The number of azide groups is 1. The number of aryl methyl sites for hydroxylation is 2. The van der Waals surface area contributed by atoms with Gasteiger partial charge in [0.1, 0.15) is 12.2 Å². The molecule has 29 nitrogen and oxygen atoms in total. The average Bonchev–Trinajstić information content (AvgIpc) is 1.53. The van der Waals surface area contributed by atoms with Gasteiger partial charge in [0.25, 0.3) is 0 Å². The smallest absolute Gasteiger partial charge is 0.386 e. The molecule has 0 radical (unpaired) electrons. The molecule has 2 saturated heterocycles. The summed E-state index contributed by atoms with van der Waals surface area (Å²) in [5, 5.41) is 21.7. The van der Waals surface area contributed by atoms with Crippen LogP contribution in [0.1, 0.15) is 150 Å². The Morgan fingerprint density at radius 1 is 0.837 bits per heavy atom. The topological polar surface area (TPSA) is 489 Å². The van der Waals surface area contributed by atoms with Crippen LogP contribution in [0.25, 0.3) is 21.5 Å². The molecule has 1 unspecified atom stereocenters. The number of fused-ring (bicyclic) bond motifs is 7. The van der Waals surface area contributed by atoms with Crippen molar-refractivity contribution in [3.63, 3.8) is 0 Å². The number of benzene rings is 1. The van der Waals surface area contributed by atoms with Crippen molar-refractivity contribution in [3.8, 4) is 0 Å². The summed E-state index contributed by atoms with van der Waals surface area (Å²) in [6.45, 7) is 19.5. The minimum atomic E-state index is -5.11. The number of nitrogens with two attached hydrogens (primary N) is 6. The van der Waals surface area contributed by atoms with Gasteiger partial charge in [0.15, 0.2) is 6.23 Å². The molecule has 1 aromatic carbocycles. The van der Waals surface area contributed by atoms with Crippen molar-refractivity contribution >= 4 is 77.3 Å². The first-order valence-electron chi connectivity index (χ1n) is 31.0. The standard InChI is InChI=1S/C62H89N16O13P/c1-29-20-39-40(21-30(29)2)78(28-71-39)57-52(86)53(41(89-57)27-72-77-69)91-92(87,88)90-31(3)26-70-49(85)18-19-59(8)37(22-46(66)82)56-62(11)61(10,25-48(68)84)36(14-17-45(65)81)51(76-62)33(5)55-60(9,24-47(67)83)34(12-15-43(63)79)38(73-55)23-42-58(6,7)35(13-16-44(64)80)50(74-42)32(4)54(59)75-56/h20-21,23,28,31,34-37,41,52-53,56-57,73,86H,12-19,22,24-27H2,1-11H3,(H2,63,79)(H2,64,80)(H2,65,81)(H2,66,82)(H2,67,83)(H2,68,84)(H,70,85)(H,87,88)/b38-23?,50-32?,55-33-/t31-,34-,35-,36-,37+,41-,52-,53-,56-,57+,59-,60+,61+,62+/m1/s1. The van der Waals surface area contributed by atoms with Crippen molar-refractivity contribution in [2.45, 2.75) is 189 Å². The Kier molecular flexibility index (Phi) is 20.1. The molecule has 92 heavy (non-hydrogen) atoms. The third kappa shape index (κ3) is 13.4. The summed E-state index contributed by atoms with van der Waals surface area (Å²) in [6.07, 6.45) is -4.36. The van der Waals surface area contributed by atoms with Gasteiger partial charge >= 0.3 is 7.82 Å². The maximum atomic E-state index is 14.4. The molecule has 500 valence electrons. The van der Waals surface area contributed by atoms with Crippen LogP contribution in [0, 0.1) is 59.2 Å². The largest absolute Gasteiger partial charge is 0.472 e. The van der Waals surface area contributed by atoms with Crippen molar-refractivity contribution in [1.82, 2.24) is 20.2 Å². The Labute approximate surface area is 533 Å². The van der Waals surface area contributed by atoms with E-state index in [0.717, 1.165) is 11.1 Å². The quantitative estimate of drug-likeness (QED) is 0.0255. The first-order valence-corrected chi connectivity index (χ1v) is 32.5. The Morgan fingerprint density at radius 3 is 2.04 bits per heavy atom. The number of carbonyl (C=O) groups excluding carboxylic acids is 7. The highest BCUT2D eigenvalue weighted by Crippen LogP contribution is 2.63. The molecule has 1 aromatic heterocycles. The summed E-state index contributed by atoms with van der Waals surface area (Å²) in [6, 6.07) is 2.68. The number of aromatic nitrogens is 2. The normalized spacial score (nSPS) is 32.2. The maximum Gasteiger partial charge on any atom is 0.472 e. The van der Waals surface area contributed by atoms with Gasteiger partial charge in [-0.05, 0) is 113 Å². The van der Waals surface area contributed by atoms with E-state index in [1.165, 1.54) is 13.3 Å². The molecule has 6 aliphatic heterocycles. The van der Waals surface area contributed by atoms with Gasteiger partial charge in [0.05, 0.1) is 47.7 Å². The van der Waals surface area contributed by atoms with Gasteiger partial charge in [-0.25, -0.2) is 9.55 Å². The second-order valence-corrected chi connectivity index (χ2v) is 28.7. The summed E-state index contributed by atoms with van der Waals surface area (Å²) in [4.78, 5) is 129. The molecule has 8 rings (SSSR count). The van der Waals surface area contributed by atoms with Crippen LogP contribution < -0.4 is 45.0 Å². The third-order valence-electron chi connectivity index (χ3n) is 20.7. The fourth-order valence-electron chi connectivity index (χ4n) is 15.6. The summed E-state index contributed by atoms with van der Waals surface area (Å²) in [7, 11) is -5.11. The van der Waals surface area contributed by atoms with E-state index in [-0.39, 0.29) is 83.7 Å². The number of phosphoric ester groups is 1. The average molecular weight is 1300 g/mol. The van der Waals surface area contributed by atoms with Crippen molar-refractivity contribution in [2.24, 2.45) is 99.8 Å². The predicted molar refractivity (Wildman–Crippen MR) is 341 cm³/mol. The molecule has 2 aromatic rings. The van der Waals surface area contributed by atoms with Crippen LogP contribution in [0.2, 0.25) is 0 Å². The van der Waals surface area contributed by atoms with Gasteiger partial charge < -0.3 is 64.3 Å². The lowest BCUT2D eigenvalue weighted by molar-refractivity contribution is -0.124. The first-order chi connectivity index (χ1) is 42.8. The Hall–Kier alpha value is -7.65. The molecule has 7 heterocycles. The molecule has 30 heteroatoms. The molecule has 16 N–H and O–H groups in total. The third-order valence-corrected chi connectivity index (χ3v) is 21.9. The van der Waals surface area contributed by atoms with Gasteiger partial charge in [0.2, 0.25) is 41.4 Å². The fourth-order valence-corrected chi connectivity index (χ4v) is 16.7. The van der Waals surface area contributed by atoms with Crippen LogP contribution in [0.3, 0.4) is 0 Å². The van der Waals surface area contributed by atoms with Gasteiger partial charge in [0, 0.05) is 136 Å². The number of aliphatic hydroxyl groups is 1. The zero-order chi connectivity index (χ0) is 68.1. The number of phosphoric acid groups is 1. The van der Waals surface area contributed by atoms with Gasteiger partial charge in [-0.15, -0.1) is 0 Å². The summed E-state index contributed by atoms with van der Waals surface area (Å²) in [5.41, 5.74) is 46.4. The van der Waals surface area contributed by atoms with E-state index >= 15 is 0 Å². The first kappa shape index (κ1) is 70.2. The molecule has 0 spiro atoms. The molecular weight excluding hydrogens is 1210 g/mol. The van der Waals surface area contributed by atoms with E-state index in [9.17, 15) is 53.7 Å². The monoisotopic (exact) mass is 1300 g/mol. The highest BCUT2D eigenvalue weighted by atomic mass is 31.2. The van der Waals surface area contributed by atoms with Crippen LogP contribution in [-0.2, 0) is 51.9 Å². The van der Waals surface area contributed by atoms with E-state index in [1.807, 2.05) is 87.4 Å². The number of rotatable bonds is 27. The molecule has 2 fully saturated rings. The highest BCUT2D eigenvalue weighted by molar-refractivity contribution is 7.47. The van der Waals surface area contributed by atoms with Crippen LogP contribution in [0.4, 0.5) is 0 Å². The molecule has 6 aliphatic rings. The lowest BCUT2D eigenvalue weighted by atomic mass is 9.55. The molecular formula is C62H89N16O13P. The molecule has 0 saturated carbocycles. The van der Waals surface area contributed by atoms with Gasteiger partial charge in [-0.1, -0.05) is 39.7 Å². The van der Waals surface area contributed by atoms with Crippen LogP contribution in [0.15, 0.2) is 72.9 Å². The van der Waals surface area contributed by atoms with Crippen molar-refractivity contribution in [2.75, 3.05) is 13.1 Å². The number of nitrogens with zero attached hydrogens (tertiary/aromatic N) is 8. The number of aliphatic hydroxyl groups excluding tert-OH is 1. The number of ether oxygens (including phenoxy) is 1. The van der Waals surface area contributed by atoms with E-state index in [2.05, 4.69) is 25.6 Å². The number of primary amides is 6. The Balaban J connectivity index is 1.19. The summed E-state index contributed by atoms with van der Waals surface area (Å²) >= 11 is 0. The number of hydrogen-bond donors (Lipinski definition) is 10. The number of carbonyl (C=O) groups is 7. The van der Waals surface area contributed by atoms with Crippen molar-refractivity contribution in [3.05, 3.63) is 74.3 Å². The molecule has 0 aliphatic carbocycles. The SMILES string of the molecule is CC1=C2N=C(C=C3N/C(=C(/C)C4=N[C@@](C)([C@@H]5N=C1[C@](C)(CCC(=O)NC[C@@H](C)OP(=O)(O)O[C@H]1[C@@H](O)[C@@H](n6cnc7cc(C)c(C)cc76)O[C@@H]1CN=[N+]=[N-])[C@H]5CC(N)=O)[C@@](C)(CC(N)=O)[C@@H]4CCC(N)=O)[C@@](C)(CC(N)=O)[C@@H]3CCC(N)=O)C(C)(C)[C@@H]2CCC(N)=O. The molecule has 8 bridgehead atoms. The minimum Gasteiger partial charge on any atom is -0.386 e.